The number of benzene rings is 1. The summed E-state index contributed by atoms with van der Waals surface area (Å²) in [5.74, 6) is -0.777. The number of carbonyl (C=O) groups excluding carboxylic acids is 2. The fourth-order valence-electron chi connectivity index (χ4n) is 2.18. The van der Waals surface area contributed by atoms with Crippen LogP contribution in [0.5, 0.6) is 0 Å². The molecule has 0 radical (unpaired) electrons. The van der Waals surface area contributed by atoms with Crippen LogP contribution in [0.2, 0.25) is 0 Å². The number of nitrogens with zero attached hydrogens (tertiary/aromatic N) is 3. The van der Waals surface area contributed by atoms with E-state index in [2.05, 4.69) is 4.98 Å². The first kappa shape index (κ1) is 13.2. The van der Waals surface area contributed by atoms with E-state index in [1.807, 2.05) is 6.07 Å². The van der Waals surface area contributed by atoms with E-state index >= 15 is 0 Å². The molecule has 0 saturated carbocycles. The lowest BCUT2D eigenvalue weighted by atomic mass is 10.2. The average molecular weight is 285 g/mol. The highest BCUT2D eigenvalue weighted by Gasteiger charge is 2.46. The van der Waals surface area contributed by atoms with Crippen LogP contribution in [-0.4, -0.2) is 28.1 Å². The smallest absolute Gasteiger partial charge is 0.281 e. The SMILES string of the molecule is O=C1C(F)N(Cc2ccccc2)C(=O)N1c1ccccn1. The number of imide groups is 1. The Labute approximate surface area is 120 Å². The molecule has 3 amide bonds. The number of anilines is 1. The summed E-state index contributed by atoms with van der Waals surface area (Å²) >= 11 is 0. The van der Waals surface area contributed by atoms with Crippen LogP contribution in [0.15, 0.2) is 54.7 Å². The van der Waals surface area contributed by atoms with Gasteiger partial charge in [-0.3, -0.25) is 9.69 Å². The zero-order valence-corrected chi connectivity index (χ0v) is 11.0. The van der Waals surface area contributed by atoms with Crippen LogP contribution in [0.25, 0.3) is 0 Å². The molecule has 1 fully saturated rings. The Morgan fingerprint density at radius 3 is 2.43 bits per heavy atom. The Hall–Kier alpha value is -2.76. The lowest BCUT2D eigenvalue weighted by Gasteiger charge is -2.17. The van der Waals surface area contributed by atoms with Gasteiger partial charge in [-0.2, -0.15) is 0 Å². The highest BCUT2D eigenvalue weighted by atomic mass is 19.1. The second-order valence-corrected chi connectivity index (χ2v) is 4.59. The van der Waals surface area contributed by atoms with E-state index < -0.39 is 18.2 Å². The molecule has 3 rings (SSSR count). The number of pyridine rings is 1. The maximum Gasteiger partial charge on any atom is 0.335 e. The largest absolute Gasteiger partial charge is 0.335 e. The molecule has 0 spiro atoms. The van der Waals surface area contributed by atoms with Crippen LogP contribution in [0.1, 0.15) is 5.56 Å². The van der Waals surface area contributed by atoms with E-state index in [-0.39, 0.29) is 12.4 Å². The van der Waals surface area contributed by atoms with E-state index in [1.54, 1.807) is 36.4 Å². The lowest BCUT2D eigenvalue weighted by molar-refractivity contribution is -0.124. The minimum Gasteiger partial charge on any atom is -0.281 e. The van der Waals surface area contributed by atoms with Gasteiger partial charge in [0.25, 0.3) is 12.2 Å². The number of aromatic nitrogens is 1. The van der Waals surface area contributed by atoms with E-state index in [0.29, 0.717) is 0 Å². The van der Waals surface area contributed by atoms with Gasteiger partial charge in [0.15, 0.2) is 0 Å². The standard InChI is InChI=1S/C15H12FN3O2/c16-13-14(20)19(12-8-4-5-9-17-12)15(21)18(13)10-11-6-2-1-3-7-11/h1-9,13H,10H2. The van der Waals surface area contributed by atoms with Crippen molar-refractivity contribution in [3.63, 3.8) is 0 Å². The molecular formula is C15H12FN3O2. The Morgan fingerprint density at radius 1 is 1.05 bits per heavy atom. The number of rotatable bonds is 3. The Balaban J connectivity index is 1.87. The van der Waals surface area contributed by atoms with Crippen molar-refractivity contribution in [1.29, 1.82) is 0 Å². The van der Waals surface area contributed by atoms with Crippen LogP contribution in [-0.2, 0) is 11.3 Å². The zero-order valence-electron chi connectivity index (χ0n) is 11.0. The van der Waals surface area contributed by atoms with Gasteiger partial charge in [-0.15, -0.1) is 0 Å². The third-order valence-corrected chi connectivity index (χ3v) is 3.21. The summed E-state index contributed by atoms with van der Waals surface area (Å²) in [6.45, 7) is 0.0376. The number of carbonyl (C=O) groups is 2. The van der Waals surface area contributed by atoms with Gasteiger partial charge in [0.05, 0.1) is 6.54 Å². The van der Waals surface area contributed by atoms with Gasteiger partial charge in [-0.25, -0.2) is 19.1 Å². The van der Waals surface area contributed by atoms with Gasteiger partial charge >= 0.3 is 6.03 Å². The quantitative estimate of drug-likeness (QED) is 0.642. The summed E-state index contributed by atoms with van der Waals surface area (Å²) in [5, 5.41) is 0. The molecule has 1 saturated heterocycles. The number of hydrogen-bond donors (Lipinski definition) is 0. The molecule has 1 atom stereocenters. The molecule has 6 heteroatoms. The summed E-state index contributed by atoms with van der Waals surface area (Å²) in [5.41, 5.74) is 0.754. The number of alkyl halides is 1. The number of hydrogen-bond acceptors (Lipinski definition) is 3. The minimum absolute atomic E-state index is 0.0376. The normalized spacial score (nSPS) is 18.4. The number of halogens is 1. The van der Waals surface area contributed by atoms with Gasteiger partial charge in [0.1, 0.15) is 5.82 Å². The highest BCUT2D eigenvalue weighted by molar-refractivity contribution is 6.20. The Kier molecular flexibility index (Phi) is 3.35. The summed E-state index contributed by atoms with van der Waals surface area (Å²) in [4.78, 5) is 29.8. The van der Waals surface area contributed by atoms with E-state index in [0.717, 1.165) is 15.4 Å². The molecule has 0 bridgehead atoms. The molecule has 0 N–H and O–H groups in total. The first-order valence-electron chi connectivity index (χ1n) is 6.42. The van der Waals surface area contributed by atoms with E-state index in [9.17, 15) is 14.0 Å². The maximum atomic E-state index is 14.1. The van der Waals surface area contributed by atoms with Crippen molar-refractivity contribution in [2.24, 2.45) is 0 Å². The van der Waals surface area contributed by atoms with Crippen molar-refractivity contribution in [2.75, 3.05) is 4.90 Å². The van der Waals surface area contributed by atoms with Crippen LogP contribution in [0.3, 0.4) is 0 Å². The van der Waals surface area contributed by atoms with Crippen molar-refractivity contribution < 1.29 is 14.0 Å². The topological polar surface area (TPSA) is 53.5 Å². The van der Waals surface area contributed by atoms with Crippen molar-refractivity contribution in [1.82, 2.24) is 9.88 Å². The van der Waals surface area contributed by atoms with E-state index in [4.69, 9.17) is 0 Å². The second kappa shape index (κ2) is 5.32. The Morgan fingerprint density at radius 2 is 1.76 bits per heavy atom. The van der Waals surface area contributed by atoms with Crippen molar-refractivity contribution in [3.8, 4) is 0 Å². The summed E-state index contributed by atoms with van der Waals surface area (Å²) in [6, 6.07) is 13.0. The van der Waals surface area contributed by atoms with Crippen LogP contribution < -0.4 is 4.90 Å². The monoisotopic (exact) mass is 285 g/mol. The fraction of sp³-hybridized carbons (Fsp3) is 0.133. The van der Waals surface area contributed by atoms with E-state index in [1.165, 1.54) is 12.3 Å². The third kappa shape index (κ3) is 2.35. The first-order chi connectivity index (χ1) is 10.2. The molecule has 1 aromatic heterocycles. The second-order valence-electron chi connectivity index (χ2n) is 4.59. The van der Waals surface area contributed by atoms with Crippen molar-refractivity contribution in [3.05, 3.63) is 60.3 Å². The molecule has 2 aromatic rings. The van der Waals surface area contributed by atoms with Crippen molar-refractivity contribution >= 4 is 17.8 Å². The van der Waals surface area contributed by atoms with Gasteiger partial charge in [0.2, 0.25) is 0 Å². The predicted octanol–water partition coefficient (Wildman–Crippen LogP) is 2.35. The third-order valence-electron chi connectivity index (χ3n) is 3.21. The molecule has 2 heterocycles. The molecule has 1 aliphatic heterocycles. The lowest BCUT2D eigenvalue weighted by Crippen LogP contribution is -2.33. The molecule has 1 aliphatic rings. The fourth-order valence-corrected chi connectivity index (χ4v) is 2.18. The summed E-state index contributed by atoms with van der Waals surface area (Å²) < 4.78 is 14.1. The summed E-state index contributed by atoms with van der Waals surface area (Å²) in [7, 11) is 0. The van der Waals surface area contributed by atoms with Crippen molar-refractivity contribution in [2.45, 2.75) is 12.8 Å². The molecule has 5 nitrogen and oxygen atoms in total. The molecule has 1 aromatic carbocycles. The molecule has 0 aliphatic carbocycles. The van der Waals surface area contributed by atoms with Crippen LogP contribution >= 0.6 is 0 Å². The molecule has 21 heavy (non-hydrogen) atoms. The average Bonchev–Trinajstić information content (AvgIpc) is 2.73. The Bertz CT molecular complexity index is 663. The van der Waals surface area contributed by atoms with Crippen LogP contribution in [0, 0.1) is 0 Å². The van der Waals surface area contributed by atoms with Gasteiger partial charge in [-0.05, 0) is 17.7 Å². The molecule has 1 unspecified atom stereocenters. The van der Waals surface area contributed by atoms with Crippen LogP contribution in [0.4, 0.5) is 15.0 Å². The molecule has 106 valence electrons. The predicted molar refractivity (Wildman–Crippen MR) is 74.0 cm³/mol. The maximum absolute atomic E-state index is 14.1. The highest BCUT2D eigenvalue weighted by Crippen LogP contribution is 2.25. The van der Waals surface area contributed by atoms with Gasteiger partial charge < -0.3 is 0 Å². The summed E-state index contributed by atoms with van der Waals surface area (Å²) in [6.07, 6.45) is -0.539. The number of amides is 3. The zero-order chi connectivity index (χ0) is 14.8. The number of urea groups is 1. The van der Waals surface area contributed by atoms with Gasteiger partial charge in [0, 0.05) is 6.20 Å². The van der Waals surface area contributed by atoms with Gasteiger partial charge in [-0.1, -0.05) is 36.4 Å². The first-order valence-corrected chi connectivity index (χ1v) is 6.42. The molecular weight excluding hydrogens is 273 g/mol. The minimum atomic E-state index is -1.99.